The van der Waals surface area contributed by atoms with Gasteiger partial charge < -0.3 is 9.84 Å². The van der Waals surface area contributed by atoms with Crippen molar-refractivity contribution < 1.29 is 14.2 Å². The Morgan fingerprint density at radius 2 is 2.23 bits per heavy atom. The van der Waals surface area contributed by atoms with Crippen molar-refractivity contribution in [3.8, 4) is 5.75 Å². The monoisotopic (exact) mass is 184 g/mol. The van der Waals surface area contributed by atoms with Gasteiger partial charge in [-0.3, -0.25) is 0 Å². The van der Waals surface area contributed by atoms with Crippen molar-refractivity contribution in [2.45, 2.75) is 19.4 Å². The molecule has 0 fully saturated rings. The van der Waals surface area contributed by atoms with Crippen molar-refractivity contribution in [1.82, 2.24) is 0 Å². The van der Waals surface area contributed by atoms with Gasteiger partial charge in [-0.1, -0.05) is 6.92 Å². The summed E-state index contributed by atoms with van der Waals surface area (Å²) < 4.78 is 18.1. The zero-order chi connectivity index (χ0) is 9.84. The molecule has 1 rings (SSSR count). The minimum Gasteiger partial charge on any atom is -0.497 e. The number of hydrogen-bond donors (Lipinski definition) is 1. The van der Waals surface area contributed by atoms with Crippen molar-refractivity contribution in [2.75, 3.05) is 7.11 Å². The molecule has 0 amide bonds. The second-order valence-electron chi connectivity index (χ2n) is 2.81. The lowest BCUT2D eigenvalue weighted by Gasteiger charge is -2.09. The molecule has 1 atom stereocenters. The second-order valence-corrected chi connectivity index (χ2v) is 2.81. The van der Waals surface area contributed by atoms with Crippen molar-refractivity contribution >= 4 is 0 Å². The highest BCUT2D eigenvalue weighted by atomic mass is 19.1. The minimum atomic E-state index is -0.731. The van der Waals surface area contributed by atoms with Gasteiger partial charge in [0.2, 0.25) is 0 Å². The van der Waals surface area contributed by atoms with Crippen molar-refractivity contribution in [2.24, 2.45) is 0 Å². The molecule has 1 aromatic carbocycles. The predicted octanol–water partition coefficient (Wildman–Crippen LogP) is 2.28. The zero-order valence-corrected chi connectivity index (χ0v) is 7.75. The van der Waals surface area contributed by atoms with Crippen molar-refractivity contribution in [1.29, 1.82) is 0 Å². The number of methoxy groups -OCH3 is 1. The van der Waals surface area contributed by atoms with E-state index in [1.54, 1.807) is 19.1 Å². The van der Waals surface area contributed by atoms with E-state index in [4.69, 9.17) is 4.74 Å². The van der Waals surface area contributed by atoms with E-state index >= 15 is 0 Å². The SMILES string of the molecule is CC[C@H](O)c1ccc(OC)cc1F. The molecule has 0 heterocycles. The van der Waals surface area contributed by atoms with Gasteiger partial charge in [0.25, 0.3) is 0 Å². The van der Waals surface area contributed by atoms with Gasteiger partial charge in [-0.05, 0) is 18.6 Å². The van der Waals surface area contributed by atoms with Gasteiger partial charge in [-0.2, -0.15) is 0 Å². The first-order valence-corrected chi connectivity index (χ1v) is 4.20. The molecule has 0 radical (unpaired) electrons. The number of aliphatic hydroxyl groups is 1. The third-order valence-corrected chi connectivity index (χ3v) is 1.95. The standard InChI is InChI=1S/C10H13FO2/c1-3-10(12)8-5-4-7(13-2)6-9(8)11/h4-6,10,12H,3H2,1-2H3/t10-/m0/s1. The first-order chi connectivity index (χ1) is 6.19. The lowest BCUT2D eigenvalue weighted by Crippen LogP contribution is -1.99. The van der Waals surface area contributed by atoms with Crippen LogP contribution in [-0.4, -0.2) is 12.2 Å². The van der Waals surface area contributed by atoms with Crippen LogP contribution in [0.15, 0.2) is 18.2 Å². The Morgan fingerprint density at radius 1 is 1.54 bits per heavy atom. The molecule has 13 heavy (non-hydrogen) atoms. The largest absolute Gasteiger partial charge is 0.497 e. The lowest BCUT2D eigenvalue weighted by molar-refractivity contribution is 0.169. The van der Waals surface area contributed by atoms with Crippen LogP contribution in [0.1, 0.15) is 25.0 Å². The van der Waals surface area contributed by atoms with E-state index in [1.807, 2.05) is 0 Å². The molecule has 2 nitrogen and oxygen atoms in total. The molecule has 0 saturated carbocycles. The van der Waals surface area contributed by atoms with Crippen molar-refractivity contribution in [3.63, 3.8) is 0 Å². The van der Waals surface area contributed by atoms with Gasteiger partial charge >= 0.3 is 0 Å². The van der Waals surface area contributed by atoms with Crippen LogP contribution in [0.3, 0.4) is 0 Å². The molecule has 3 heteroatoms. The molecule has 1 aromatic rings. The molecule has 0 aromatic heterocycles. The molecule has 0 bridgehead atoms. The van der Waals surface area contributed by atoms with Gasteiger partial charge in [-0.15, -0.1) is 0 Å². The summed E-state index contributed by atoms with van der Waals surface area (Å²) in [5.41, 5.74) is 0.322. The van der Waals surface area contributed by atoms with E-state index in [9.17, 15) is 9.50 Å². The summed E-state index contributed by atoms with van der Waals surface area (Å²) in [5.74, 6) is 0.0400. The maximum absolute atomic E-state index is 13.2. The summed E-state index contributed by atoms with van der Waals surface area (Å²) in [5, 5.41) is 9.39. The molecule has 0 spiro atoms. The molecule has 0 saturated heterocycles. The summed E-state index contributed by atoms with van der Waals surface area (Å²) in [6.07, 6.45) is -0.227. The smallest absolute Gasteiger partial charge is 0.132 e. The van der Waals surface area contributed by atoms with Crippen LogP contribution >= 0.6 is 0 Å². The summed E-state index contributed by atoms with van der Waals surface area (Å²) in [7, 11) is 1.48. The second kappa shape index (κ2) is 4.23. The molecule has 72 valence electrons. The van der Waals surface area contributed by atoms with E-state index in [0.29, 0.717) is 17.7 Å². The summed E-state index contributed by atoms with van der Waals surface area (Å²) in [6.45, 7) is 1.80. The van der Waals surface area contributed by atoms with Gasteiger partial charge in [-0.25, -0.2) is 4.39 Å². The predicted molar refractivity (Wildman–Crippen MR) is 48.2 cm³/mol. The van der Waals surface area contributed by atoms with E-state index < -0.39 is 11.9 Å². The number of rotatable bonds is 3. The molecule has 0 aliphatic carbocycles. The van der Waals surface area contributed by atoms with E-state index in [0.717, 1.165) is 0 Å². The Kier molecular flexibility index (Phi) is 3.25. The quantitative estimate of drug-likeness (QED) is 0.780. The van der Waals surface area contributed by atoms with Gasteiger partial charge in [0.15, 0.2) is 0 Å². The Balaban J connectivity index is 2.98. The van der Waals surface area contributed by atoms with Gasteiger partial charge in [0.05, 0.1) is 13.2 Å². The van der Waals surface area contributed by atoms with E-state index in [1.165, 1.54) is 13.2 Å². The zero-order valence-electron chi connectivity index (χ0n) is 7.75. The molecule has 1 N–H and O–H groups in total. The fourth-order valence-corrected chi connectivity index (χ4v) is 1.12. The van der Waals surface area contributed by atoms with Gasteiger partial charge in [0, 0.05) is 11.6 Å². The first-order valence-electron chi connectivity index (χ1n) is 4.20. The fourth-order valence-electron chi connectivity index (χ4n) is 1.12. The van der Waals surface area contributed by atoms with Crippen LogP contribution in [0.4, 0.5) is 4.39 Å². The van der Waals surface area contributed by atoms with Crippen LogP contribution < -0.4 is 4.74 Å². The molecular weight excluding hydrogens is 171 g/mol. The Hall–Kier alpha value is -1.09. The third kappa shape index (κ3) is 2.18. The molecule has 0 aliphatic rings. The van der Waals surface area contributed by atoms with Crippen LogP contribution in [0, 0.1) is 5.82 Å². The Bertz CT molecular complexity index is 286. The van der Waals surface area contributed by atoms with Gasteiger partial charge in [0.1, 0.15) is 11.6 Å². The Morgan fingerprint density at radius 3 is 2.69 bits per heavy atom. The normalized spacial score (nSPS) is 12.6. The average molecular weight is 184 g/mol. The molecular formula is C10H13FO2. The van der Waals surface area contributed by atoms with Crippen molar-refractivity contribution in [3.05, 3.63) is 29.6 Å². The average Bonchev–Trinajstić information content (AvgIpc) is 2.16. The first kappa shape index (κ1) is 9.99. The van der Waals surface area contributed by atoms with E-state index in [-0.39, 0.29) is 0 Å². The topological polar surface area (TPSA) is 29.5 Å². The van der Waals surface area contributed by atoms with Crippen LogP contribution in [0.25, 0.3) is 0 Å². The molecule has 0 aliphatic heterocycles. The van der Waals surface area contributed by atoms with Crippen LogP contribution in [-0.2, 0) is 0 Å². The summed E-state index contributed by atoms with van der Waals surface area (Å²) in [6, 6.07) is 4.45. The number of halogens is 1. The summed E-state index contributed by atoms with van der Waals surface area (Å²) in [4.78, 5) is 0. The molecule has 0 unspecified atom stereocenters. The lowest BCUT2D eigenvalue weighted by atomic mass is 10.1. The number of ether oxygens (including phenoxy) is 1. The number of aliphatic hydroxyl groups excluding tert-OH is 1. The Labute approximate surface area is 77.0 Å². The highest BCUT2D eigenvalue weighted by Gasteiger charge is 2.10. The fraction of sp³-hybridized carbons (Fsp3) is 0.400. The number of benzene rings is 1. The maximum atomic E-state index is 13.2. The third-order valence-electron chi connectivity index (χ3n) is 1.95. The maximum Gasteiger partial charge on any atom is 0.132 e. The highest BCUT2D eigenvalue weighted by molar-refractivity contribution is 5.30. The highest BCUT2D eigenvalue weighted by Crippen LogP contribution is 2.23. The number of hydrogen-bond acceptors (Lipinski definition) is 2. The van der Waals surface area contributed by atoms with Crippen LogP contribution in [0.5, 0.6) is 5.75 Å². The van der Waals surface area contributed by atoms with E-state index in [2.05, 4.69) is 0 Å². The minimum absolute atomic E-state index is 0.322. The van der Waals surface area contributed by atoms with Crippen LogP contribution in [0.2, 0.25) is 0 Å². The summed E-state index contributed by atoms with van der Waals surface area (Å²) >= 11 is 0.